The third-order valence-electron chi connectivity index (χ3n) is 4.42. The van der Waals surface area contributed by atoms with Crippen molar-refractivity contribution in [1.29, 1.82) is 0 Å². The van der Waals surface area contributed by atoms with Crippen LogP contribution >= 0.6 is 11.6 Å². The van der Waals surface area contributed by atoms with E-state index in [9.17, 15) is 18.3 Å². The van der Waals surface area contributed by atoms with Gasteiger partial charge in [-0.2, -0.15) is 4.31 Å². The number of benzene rings is 2. The number of nitrogens with zero attached hydrogens (tertiary/aromatic N) is 1. The second kappa shape index (κ2) is 9.02. The van der Waals surface area contributed by atoms with Crippen molar-refractivity contribution >= 4 is 27.5 Å². The van der Waals surface area contributed by atoms with Crippen LogP contribution in [-0.2, 0) is 14.8 Å². The fourth-order valence-electron chi connectivity index (χ4n) is 2.85. The number of carbonyl (C=O) groups is 1. The zero-order chi connectivity index (χ0) is 20.1. The molecule has 2 aromatic carbocycles. The highest BCUT2D eigenvalue weighted by Gasteiger charge is 2.29. The Morgan fingerprint density at radius 3 is 2.54 bits per heavy atom. The maximum absolute atomic E-state index is 12.8. The summed E-state index contributed by atoms with van der Waals surface area (Å²) in [5, 5.41) is 12.8. The molecule has 1 atom stereocenters. The molecular weight excluding hydrogens is 404 g/mol. The van der Waals surface area contributed by atoms with Crippen molar-refractivity contribution in [2.24, 2.45) is 0 Å². The lowest BCUT2D eigenvalue weighted by atomic mass is 10.1. The molecule has 2 N–H and O–H groups in total. The van der Waals surface area contributed by atoms with Crippen molar-refractivity contribution in [3.8, 4) is 0 Å². The monoisotopic (exact) mass is 424 g/mol. The van der Waals surface area contributed by atoms with Gasteiger partial charge in [0, 0.05) is 25.2 Å². The normalized spacial score (nSPS) is 16.5. The molecule has 0 aliphatic carbocycles. The predicted molar refractivity (Wildman–Crippen MR) is 105 cm³/mol. The molecule has 1 amide bonds. The first-order valence-electron chi connectivity index (χ1n) is 8.78. The van der Waals surface area contributed by atoms with Crippen LogP contribution in [0, 0.1) is 0 Å². The minimum Gasteiger partial charge on any atom is -0.387 e. The van der Waals surface area contributed by atoms with Crippen molar-refractivity contribution in [2.75, 3.05) is 32.8 Å². The molecule has 3 rings (SSSR count). The summed E-state index contributed by atoms with van der Waals surface area (Å²) in [7, 11) is -3.83. The van der Waals surface area contributed by atoms with Crippen LogP contribution in [0.15, 0.2) is 53.4 Å². The van der Waals surface area contributed by atoms with Crippen LogP contribution in [0.3, 0.4) is 0 Å². The summed E-state index contributed by atoms with van der Waals surface area (Å²) in [6, 6.07) is 13.0. The molecule has 0 bridgehead atoms. The average Bonchev–Trinajstić information content (AvgIpc) is 2.73. The number of aliphatic hydroxyl groups excluding tert-OH is 1. The first-order chi connectivity index (χ1) is 13.4. The lowest BCUT2D eigenvalue weighted by Gasteiger charge is -2.26. The second-order valence-electron chi connectivity index (χ2n) is 6.30. The summed E-state index contributed by atoms with van der Waals surface area (Å²) >= 11 is 6.10. The number of morpholine rings is 1. The summed E-state index contributed by atoms with van der Waals surface area (Å²) in [6.07, 6.45) is -0.867. The SMILES string of the molecule is O=C(NC[C@@H](O)c1ccccc1)c1ccc(Cl)c(S(=O)(=O)N2CCOCC2)c1. The van der Waals surface area contributed by atoms with Gasteiger partial charge in [-0.1, -0.05) is 41.9 Å². The lowest BCUT2D eigenvalue weighted by molar-refractivity contribution is 0.0730. The topological polar surface area (TPSA) is 95.9 Å². The van der Waals surface area contributed by atoms with Gasteiger partial charge in [-0.25, -0.2) is 8.42 Å². The van der Waals surface area contributed by atoms with Crippen LogP contribution < -0.4 is 5.32 Å². The number of sulfonamides is 1. The van der Waals surface area contributed by atoms with Gasteiger partial charge >= 0.3 is 0 Å². The standard InChI is InChI=1S/C19H21ClN2O5S/c20-16-7-6-15(12-18(16)28(25,26)22-8-10-27-11-9-22)19(24)21-13-17(23)14-4-2-1-3-5-14/h1-7,12,17,23H,8-11,13H2,(H,21,24)/t17-/m1/s1. The van der Waals surface area contributed by atoms with Gasteiger partial charge in [0.05, 0.1) is 24.3 Å². The summed E-state index contributed by atoms with van der Waals surface area (Å²) in [5.74, 6) is -0.495. The van der Waals surface area contributed by atoms with Crippen molar-refractivity contribution in [3.05, 3.63) is 64.7 Å². The summed E-state index contributed by atoms with van der Waals surface area (Å²) in [4.78, 5) is 12.3. The van der Waals surface area contributed by atoms with Crippen molar-refractivity contribution in [2.45, 2.75) is 11.0 Å². The Hall–Kier alpha value is -1.97. The van der Waals surface area contributed by atoms with Gasteiger partial charge < -0.3 is 15.2 Å². The fraction of sp³-hybridized carbons (Fsp3) is 0.316. The molecule has 0 radical (unpaired) electrons. The minimum atomic E-state index is -3.83. The van der Waals surface area contributed by atoms with E-state index in [0.717, 1.165) is 0 Å². The van der Waals surface area contributed by atoms with Gasteiger partial charge in [0.2, 0.25) is 10.0 Å². The molecule has 9 heteroatoms. The van der Waals surface area contributed by atoms with Crippen LogP contribution in [0.2, 0.25) is 5.02 Å². The minimum absolute atomic E-state index is 0.00296. The molecule has 1 heterocycles. The van der Waals surface area contributed by atoms with E-state index >= 15 is 0 Å². The van der Waals surface area contributed by atoms with Crippen molar-refractivity contribution in [1.82, 2.24) is 9.62 Å². The molecule has 1 aliphatic heterocycles. The molecule has 0 unspecified atom stereocenters. The number of halogens is 1. The molecule has 1 fully saturated rings. The number of nitrogens with one attached hydrogen (secondary N) is 1. The molecule has 1 saturated heterocycles. The van der Waals surface area contributed by atoms with Crippen LogP contribution in [0.25, 0.3) is 0 Å². The summed E-state index contributed by atoms with van der Waals surface area (Å²) in [6.45, 7) is 1.09. The van der Waals surface area contributed by atoms with Crippen LogP contribution in [0.5, 0.6) is 0 Å². The maximum atomic E-state index is 12.8. The Bertz CT molecular complexity index is 931. The van der Waals surface area contributed by atoms with Gasteiger partial charge in [0.25, 0.3) is 5.91 Å². The summed E-state index contributed by atoms with van der Waals surface area (Å²) in [5.41, 5.74) is 0.825. The van der Waals surface area contributed by atoms with Crippen LogP contribution in [-0.4, -0.2) is 56.6 Å². The Kier molecular flexibility index (Phi) is 6.69. The molecule has 0 aromatic heterocycles. The van der Waals surface area contributed by atoms with Crippen LogP contribution in [0.1, 0.15) is 22.0 Å². The Morgan fingerprint density at radius 2 is 1.86 bits per heavy atom. The number of hydrogen-bond acceptors (Lipinski definition) is 5. The fourth-order valence-corrected chi connectivity index (χ4v) is 4.76. The molecular formula is C19H21ClN2O5S. The smallest absolute Gasteiger partial charge is 0.251 e. The Balaban J connectivity index is 1.74. The van der Waals surface area contributed by atoms with E-state index in [1.807, 2.05) is 6.07 Å². The zero-order valence-electron chi connectivity index (χ0n) is 15.0. The molecule has 1 aliphatic rings. The lowest BCUT2D eigenvalue weighted by Crippen LogP contribution is -2.40. The number of hydrogen-bond donors (Lipinski definition) is 2. The van der Waals surface area contributed by atoms with Gasteiger partial charge in [-0.15, -0.1) is 0 Å². The van der Waals surface area contributed by atoms with E-state index < -0.39 is 22.0 Å². The van der Waals surface area contributed by atoms with Gasteiger partial charge in [0.15, 0.2) is 0 Å². The average molecular weight is 425 g/mol. The van der Waals surface area contributed by atoms with Gasteiger partial charge in [-0.3, -0.25) is 4.79 Å². The first kappa shape index (κ1) is 20.8. The summed E-state index contributed by atoms with van der Waals surface area (Å²) < 4.78 is 32.2. The molecule has 150 valence electrons. The highest BCUT2D eigenvalue weighted by molar-refractivity contribution is 7.89. The second-order valence-corrected chi connectivity index (χ2v) is 8.61. The number of rotatable bonds is 6. The predicted octanol–water partition coefficient (Wildman–Crippen LogP) is 1.82. The Morgan fingerprint density at radius 1 is 1.18 bits per heavy atom. The highest BCUT2D eigenvalue weighted by atomic mass is 35.5. The molecule has 0 saturated carbocycles. The van der Waals surface area contributed by atoms with Crippen molar-refractivity contribution < 1.29 is 23.1 Å². The van der Waals surface area contributed by atoms with Gasteiger partial charge in [-0.05, 0) is 23.8 Å². The molecule has 28 heavy (non-hydrogen) atoms. The zero-order valence-corrected chi connectivity index (χ0v) is 16.6. The third-order valence-corrected chi connectivity index (χ3v) is 6.80. The highest BCUT2D eigenvalue weighted by Crippen LogP contribution is 2.26. The van der Waals surface area contributed by atoms with E-state index in [4.69, 9.17) is 16.3 Å². The van der Waals surface area contributed by atoms with Gasteiger partial charge in [0.1, 0.15) is 4.90 Å². The largest absolute Gasteiger partial charge is 0.387 e. The molecule has 7 nitrogen and oxygen atoms in total. The van der Waals surface area contributed by atoms with Crippen molar-refractivity contribution in [3.63, 3.8) is 0 Å². The van der Waals surface area contributed by atoms with E-state index in [0.29, 0.717) is 18.8 Å². The van der Waals surface area contributed by atoms with E-state index in [2.05, 4.69) is 5.32 Å². The Labute approximate surface area is 168 Å². The maximum Gasteiger partial charge on any atom is 0.251 e. The van der Waals surface area contributed by atoms with E-state index in [1.54, 1.807) is 24.3 Å². The number of amides is 1. The molecule has 2 aromatic rings. The van der Waals surface area contributed by atoms with E-state index in [1.165, 1.54) is 22.5 Å². The molecule has 0 spiro atoms. The number of aliphatic hydroxyl groups is 1. The van der Waals surface area contributed by atoms with E-state index in [-0.39, 0.29) is 35.1 Å². The number of ether oxygens (including phenoxy) is 1. The first-order valence-corrected chi connectivity index (χ1v) is 10.6. The van der Waals surface area contributed by atoms with Crippen LogP contribution in [0.4, 0.5) is 0 Å². The third kappa shape index (κ3) is 4.71. The quantitative estimate of drug-likeness (QED) is 0.737. The number of carbonyl (C=O) groups excluding carboxylic acids is 1.